The SMILES string of the molecule is CCCN(NC(=O)c1cccc(C(=O)N2CCCCC2)c1)C(=O)OC(=O)c1ccsc1. The standard InChI is InChI=1S/C22H25N3O5S/c1-2-10-25(22(29)30-21(28)18-9-13-31-15-18)23-19(26)16-7-6-8-17(14-16)20(27)24-11-4-3-5-12-24/h6-9,13-15H,2-5,10-12H2,1H3,(H,23,26). The monoisotopic (exact) mass is 443 g/mol. The Morgan fingerprint density at radius 1 is 1.06 bits per heavy atom. The first-order valence-electron chi connectivity index (χ1n) is 10.3. The highest BCUT2D eigenvalue weighted by molar-refractivity contribution is 7.08. The second-order valence-electron chi connectivity index (χ2n) is 7.19. The molecule has 9 heteroatoms. The summed E-state index contributed by atoms with van der Waals surface area (Å²) in [5.74, 6) is -1.46. The molecule has 1 aromatic heterocycles. The lowest BCUT2D eigenvalue weighted by Gasteiger charge is -2.27. The van der Waals surface area contributed by atoms with Gasteiger partial charge in [-0.1, -0.05) is 13.0 Å². The summed E-state index contributed by atoms with van der Waals surface area (Å²) < 4.78 is 4.87. The number of piperidine rings is 1. The van der Waals surface area contributed by atoms with Gasteiger partial charge in [-0.15, -0.1) is 0 Å². The number of hydrogen-bond acceptors (Lipinski definition) is 6. The van der Waals surface area contributed by atoms with E-state index in [1.54, 1.807) is 39.9 Å². The Balaban J connectivity index is 1.66. The van der Waals surface area contributed by atoms with Crippen LogP contribution in [0.2, 0.25) is 0 Å². The van der Waals surface area contributed by atoms with Crippen LogP contribution < -0.4 is 5.43 Å². The summed E-state index contributed by atoms with van der Waals surface area (Å²) in [5, 5.41) is 4.24. The summed E-state index contributed by atoms with van der Waals surface area (Å²) in [5.41, 5.74) is 3.40. The Bertz CT molecular complexity index is 938. The average molecular weight is 444 g/mol. The van der Waals surface area contributed by atoms with Crippen molar-refractivity contribution in [2.45, 2.75) is 32.6 Å². The molecular formula is C22H25N3O5S. The number of nitrogens with zero attached hydrogens (tertiary/aromatic N) is 2. The van der Waals surface area contributed by atoms with E-state index >= 15 is 0 Å². The normalized spacial score (nSPS) is 13.4. The lowest BCUT2D eigenvalue weighted by Crippen LogP contribution is -2.47. The zero-order valence-corrected chi connectivity index (χ0v) is 18.2. The molecule has 2 heterocycles. The quantitative estimate of drug-likeness (QED) is 0.432. The van der Waals surface area contributed by atoms with Crippen molar-refractivity contribution >= 4 is 35.2 Å². The Morgan fingerprint density at radius 3 is 2.48 bits per heavy atom. The Kier molecular flexibility index (Phi) is 7.77. The molecule has 3 amide bonds. The molecule has 0 aliphatic carbocycles. The number of nitrogens with one attached hydrogen (secondary N) is 1. The molecule has 1 N–H and O–H groups in total. The number of rotatable bonds is 5. The Morgan fingerprint density at radius 2 is 1.81 bits per heavy atom. The van der Waals surface area contributed by atoms with Gasteiger partial charge in [0.1, 0.15) is 0 Å². The third kappa shape index (κ3) is 5.91. The molecule has 1 aliphatic rings. The zero-order valence-electron chi connectivity index (χ0n) is 17.3. The zero-order chi connectivity index (χ0) is 22.2. The average Bonchev–Trinajstić information content (AvgIpc) is 3.34. The van der Waals surface area contributed by atoms with Crippen molar-refractivity contribution in [2.75, 3.05) is 19.6 Å². The number of hydrogen-bond donors (Lipinski definition) is 1. The fraction of sp³-hybridized carbons (Fsp3) is 0.364. The van der Waals surface area contributed by atoms with Crippen LogP contribution in [-0.2, 0) is 4.74 Å². The lowest BCUT2D eigenvalue weighted by atomic mass is 10.1. The van der Waals surface area contributed by atoms with Crippen LogP contribution in [0.4, 0.5) is 4.79 Å². The molecule has 1 aliphatic heterocycles. The van der Waals surface area contributed by atoms with E-state index < -0.39 is 18.0 Å². The minimum atomic E-state index is -0.966. The first-order valence-corrected chi connectivity index (χ1v) is 11.2. The highest BCUT2D eigenvalue weighted by Gasteiger charge is 2.23. The van der Waals surface area contributed by atoms with E-state index in [1.165, 1.54) is 17.4 Å². The van der Waals surface area contributed by atoms with Gasteiger partial charge in [-0.3, -0.25) is 15.0 Å². The molecule has 3 rings (SSSR count). The van der Waals surface area contributed by atoms with Crippen molar-refractivity contribution in [3.63, 3.8) is 0 Å². The van der Waals surface area contributed by atoms with Gasteiger partial charge in [0, 0.05) is 36.1 Å². The number of thiophene rings is 1. The second-order valence-corrected chi connectivity index (χ2v) is 7.97. The number of benzene rings is 1. The van der Waals surface area contributed by atoms with Crippen molar-refractivity contribution in [1.82, 2.24) is 15.3 Å². The number of carbonyl (C=O) groups is 4. The van der Waals surface area contributed by atoms with Crippen LogP contribution in [0.15, 0.2) is 41.1 Å². The number of amides is 3. The van der Waals surface area contributed by atoms with E-state index in [9.17, 15) is 19.2 Å². The predicted molar refractivity (Wildman–Crippen MR) is 116 cm³/mol. The molecule has 1 aromatic carbocycles. The third-order valence-corrected chi connectivity index (χ3v) is 5.54. The third-order valence-electron chi connectivity index (χ3n) is 4.86. The molecule has 164 valence electrons. The van der Waals surface area contributed by atoms with Crippen LogP contribution >= 0.6 is 11.3 Å². The molecule has 0 atom stereocenters. The summed E-state index contributed by atoms with van der Waals surface area (Å²) in [6, 6.07) is 7.93. The van der Waals surface area contributed by atoms with Crippen molar-refractivity contribution in [2.24, 2.45) is 0 Å². The van der Waals surface area contributed by atoms with Gasteiger partial charge in [0.05, 0.1) is 5.56 Å². The molecule has 0 saturated carbocycles. The number of likely N-dealkylation sites (tertiary alicyclic amines) is 1. The molecule has 8 nitrogen and oxygen atoms in total. The van der Waals surface area contributed by atoms with Crippen LogP contribution in [0.25, 0.3) is 0 Å². The van der Waals surface area contributed by atoms with Crippen molar-refractivity contribution < 1.29 is 23.9 Å². The van der Waals surface area contributed by atoms with Crippen LogP contribution in [-0.4, -0.2) is 53.4 Å². The smallest absolute Gasteiger partial charge is 0.371 e. The summed E-state index contributed by atoms with van der Waals surface area (Å²) in [4.78, 5) is 51.7. The summed E-state index contributed by atoms with van der Waals surface area (Å²) in [6.45, 7) is 3.41. The van der Waals surface area contributed by atoms with Crippen LogP contribution in [0.5, 0.6) is 0 Å². The minimum Gasteiger partial charge on any atom is -0.371 e. The minimum absolute atomic E-state index is 0.111. The van der Waals surface area contributed by atoms with Crippen LogP contribution in [0.1, 0.15) is 63.7 Å². The van der Waals surface area contributed by atoms with Gasteiger partial charge < -0.3 is 9.64 Å². The molecule has 0 bridgehead atoms. The van der Waals surface area contributed by atoms with E-state index in [1.807, 2.05) is 6.92 Å². The van der Waals surface area contributed by atoms with E-state index in [0.29, 0.717) is 25.1 Å². The van der Waals surface area contributed by atoms with Crippen molar-refractivity contribution in [1.29, 1.82) is 0 Å². The number of carbonyl (C=O) groups excluding carboxylic acids is 4. The fourth-order valence-corrected chi connectivity index (χ4v) is 3.88. The second kappa shape index (κ2) is 10.7. The molecule has 1 saturated heterocycles. The van der Waals surface area contributed by atoms with Gasteiger partial charge in [0.25, 0.3) is 11.8 Å². The van der Waals surface area contributed by atoms with E-state index in [4.69, 9.17) is 4.74 Å². The maximum atomic E-state index is 12.7. The topological polar surface area (TPSA) is 96.0 Å². The first kappa shape index (κ1) is 22.5. The van der Waals surface area contributed by atoms with Crippen molar-refractivity contribution in [3.8, 4) is 0 Å². The number of hydrazine groups is 1. The van der Waals surface area contributed by atoms with E-state index in [2.05, 4.69) is 5.43 Å². The Hall–Kier alpha value is -3.20. The number of esters is 1. The van der Waals surface area contributed by atoms with Crippen LogP contribution in [0, 0.1) is 0 Å². The van der Waals surface area contributed by atoms with Gasteiger partial charge >= 0.3 is 12.1 Å². The molecule has 0 unspecified atom stereocenters. The van der Waals surface area contributed by atoms with Gasteiger partial charge in [0.2, 0.25) is 0 Å². The molecule has 0 spiro atoms. The van der Waals surface area contributed by atoms with E-state index in [0.717, 1.165) is 24.3 Å². The van der Waals surface area contributed by atoms with Crippen molar-refractivity contribution in [3.05, 3.63) is 57.8 Å². The van der Waals surface area contributed by atoms with Gasteiger partial charge in [0.15, 0.2) is 0 Å². The van der Waals surface area contributed by atoms with Crippen LogP contribution in [0.3, 0.4) is 0 Å². The molecular weight excluding hydrogens is 418 g/mol. The summed E-state index contributed by atoms with van der Waals surface area (Å²) in [7, 11) is 0. The van der Waals surface area contributed by atoms with E-state index in [-0.39, 0.29) is 23.6 Å². The van der Waals surface area contributed by atoms with Gasteiger partial charge in [-0.2, -0.15) is 11.3 Å². The van der Waals surface area contributed by atoms with Gasteiger partial charge in [-0.25, -0.2) is 14.6 Å². The molecule has 0 radical (unpaired) electrons. The maximum absolute atomic E-state index is 12.7. The largest absolute Gasteiger partial charge is 0.436 e. The highest BCUT2D eigenvalue weighted by Crippen LogP contribution is 2.15. The lowest BCUT2D eigenvalue weighted by molar-refractivity contribution is 0.0463. The summed E-state index contributed by atoms with van der Waals surface area (Å²) >= 11 is 1.31. The molecule has 1 fully saturated rings. The summed E-state index contributed by atoms with van der Waals surface area (Å²) in [6.07, 6.45) is 2.64. The fourth-order valence-electron chi connectivity index (χ4n) is 3.25. The molecule has 2 aromatic rings. The first-order chi connectivity index (χ1) is 15.0. The van der Waals surface area contributed by atoms with Gasteiger partial charge in [-0.05, 0) is 55.3 Å². The predicted octanol–water partition coefficient (Wildman–Crippen LogP) is 3.71. The number of ether oxygens (including phenoxy) is 1. The maximum Gasteiger partial charge on any atom is 0.436 e. The Labute approximate surface area is 184 Å². The molecule has 31 heavy (non-hydrogen) atoms. The highest BCUT2D eigenvalue weighted by atomic mass is 32.1.